The quantitative estimate of drug-likeness (QED) is 0.290. The van der Waals surface area contributed by atoms with Gasteiger partial charge in [0.15, 0.2) is 0 Å². The Morgan fingerprint density at radius 1 is 1.19 bits per heavy atom. The molecule has 1 amide bonds. The summed E-state index contributed by atoms with van der Waals surface area (Å²) >= 11 is 4.72. The van der Waals surface area contributed by atoms with Gasteiger partial charge in [-0.05, 0) is 62.5 Å². The molecule has 32 heavy (non-hydrogen) atoms. The topological polar surface area (TPSA) is 81.2 Å². The van der Waals surface area contributed by atoms with E-state index < -0.39 is 0 Å². The van der Waals surface area contributed by atoms with Crippen LogP contribution in [0.15, 0.2) is 11.4 Å². The molecule has 0 radical (unpaired) electrons. The van der Waals surface area contributed by atoms with Crippen molar-refractivity contribution in [2.24, 2.45) is 5.92 Å². The first kappa shape index (κ1) is 21.9. The van der Waals surface area contributed by atoms with Crippen LogP contribution >= 0.6 is 34.4 Å². The largest absolute Gasteiger partial charge is 0.462 e. The fraction of sp³-hybridized carbons (Fsp3) is 0.478. The van der Waals surface area contributed by atoms with Crippen molar-refractivity contribution < 1.29 is 14.3 Å². The van der Waals surface area contributed by atoms with Crippen molar-refractivity contribution in [1.82, 2.24) is 9.97 Å². The molecule has 0 spiro atoms. The minimum absolute atomic E-state index is 0.134. The fourth-order valence-electron chi connectivity index (χ4n) is 4.56. The maximum absolute atomic E-state index is 12.8. The summed E-state index contributed by atoms with van der Waals surface area (Å²) in [5.41, 5.74) is 2.96. The van der Waals surface area contributed by atoms with Crippen LogP contribution in [-0.2, 0) is 35.2 Å². The van der Waals surface area contributed by atoms with Crippen LogP contribution in [0, 0.1) is 5.92 Å². The van der Waals surface area contributed by atoms with Crippen molar-refractivity contribution in [3.63, 3.8) is 0 Å². The summed E-state index contributed by atoms with van der Waals surface area (Å²) < 4.78 is 5.26. The van der Waals surface area contributed by atoms with Crippen LogP contribution in [0.4, 0.5) is 5.00 Å². The lowest BCUT2D eigenvalue weighted by molar-refractivity contribution is -0.113. The lowest BCUT2D eigenvalue weighted by Crippen LogP contribution is -2.17. The van der Waals surface area contributed by atoms with E-state index in [2.05, 4.69) is 22.2 Å². The Bertz CT molecular complexity index is 1200. The molecule has 3 aromatic heterocycles. The Balaban J connectivity index is 1.33. The molecule has 0 unspecified atom stereocenters. The summed E-state index contributed by atoms with van der Waals surface area (Å²) in [5, 5.41) is 5.59. The zero-order chi connectivity index (χ0) is 22.2. The Morgan fingerprint density at radius 2 is 2.06 bits per heavy atom. The number of hydrogen-bond acceptors (Lipinski definition) is 8. The summed E-state index contributed by atoms with van der Waals surface area (Å²) in [4.78, 5) is 38.0. The van der Waals surface area contributed by atoms with Crippen LogP contribution in [0.5, 0.6) is 0 Å². The molecule has 0 aliphatic heterocycles. The van der Waals surface area contributed by atoms with Gasteiger partial charge >= 0.3 is 5.97 Å². The average molecular weight is 488 g/mol. The number of esters is 1. The Hall–Kier alpha value is -1.97. The first-order valence-corrected chi connectivity index (χ1v) is 13.7. The van der Waals surface area contributed by atoms with Gasteiger partial charge < -0.3 is 10.1 Å². The highest BCUT2D eigenvalue weighted by molar-refractivity contribution is 8.00. The van der Waals surface area contributed by atoms with Gasteiger partial charge in [-0.2, -0.15) is 0 Å². The van der Waals surface area contributed by atoms with Crippen LogP contribution in [0.2, 0.25) is 0 Å². The van der Waals surface area contributed by atoms with E-state index in [1.54, 1.807) is 24.6 Å². The number of aryl methyl sites for hydroxylation is 2. The number of fused-ring (bicyclic) bond motifs is 4. The third kappa shape index (κ3) is 4.06. The van der Waals surface area contributed by atoms with Gasteiger partial charge in [0.25, 0.3) is 0 Å². The highest BCUT2D eigenvalue weighted by Gasteiger charge is 2.28. The van der Waals surface area contributed by atoms with E-state index in [4.69, 9.17) is 4.74 Å². The number of carbonyl (C=O) groups excluding carboxylic acids is 2. The summed E-state index contributed by atoms with van der Waals surface area (Å²) in [6.07, 6.45) is 7.79. The second kappa shape index (κ2) is 9.11. The van der Waals surface area contributed by atoms with Crippen LogP contribution < -0.4 is 5.32 Å². The second-order valence-corrected chi connectivity index (χ2v) is 11.5. The highest BCUT2D eigenvalue weighted by atomic mass is 32.2. The van der Waals surface area contributed by atoms with E-state index in [1.165, 1.54) is 44.8 Å². The molecule has 0 bridgehead atoms. The molecule has 0 saturated heterocycles. The minimum Gasteiger partial charge on any atom is -0.462 e. The molecule has 168 valence electrons. The molecule has 6 nitrogen and oxygen atoms in total. The van der Waals surface area contributed by atoms with Crippen molar-refractivity contribution in [2.75, 3.05) is 17.7 Å². The van der Waals surface area contributed by atoms with E-state index >= 15 is 0 Å². The van der Waals surface area contributed by atoms with Gasteiger partial charge in [-0.1, -0.05) is 18.7 Å². The number of thioether (sulfide) groups is 1. The zero-order valence-electron chi connectivity index (χ0n) is 18.2. The maximum Gasteiger partial charge on any atom is 0.341 e. The number of rotatable bonds is 6. The number of ether oxygens (including phenoxy) is 1. The predicted octanol–water partition coefficient (Wildman–Crippen LogP) is 5.27. The van der Waals surface area contributed by atoms with E-state index in [0.29, 0.717) is 23.1 Å². The van der Waals surface area contributed by atoms with Gasteiger partial charge in [0.1, 0.15) is 21.2 Å². The molecule has 5 rings (SSSR count). The molecular weight excluding hydrogens is 462 g/mol. The van der Waals surface area contributed by atoms with Gasteiger partial charge in [0, 0.05) is 15.1 Å². The Morgan fingerprint density at radius 3 is 2.91 bits per heavy atom. The third-order valence-corrected chi connectivity index (χ3v) is 9.41. The van der Waals surface area contributed by atoms with E-state index in [9.17, 15) is 9.59 Å². The van der Waals surface area contributed by atoms with Crippen molar-refractivity contribution in [1.29, 1.82) is 0 Å². The number of anilines is 1. The van der Waals surface area contributed by atoms with E-state index in [1.807, 2.05) is 0 Å². The maximum atomic E-state index is 12.8. The number of amides is 1. The minimum atomic E-state index is -0.341. The monoisotopic (exact) mass is 487 g/mol. The molecule has 2 aliphatic carbocycles. The van der Waals surface area contributed by atoms with Crippen LogP contribution in [-0.4, -0.2) is 34.2 Å². The lowest BCUT2D eigenvalue weighted by atomic mass is 9.89. The number of nitrogens with one attached hydrogen (secondary N) is 1. The van der Waals surface area contributed by atoms with Crippen molar-refractivity contribution in [3.05, 3.63) is 32.8 Å². The third-order valence-electron chi connectivity index (χ3n) is 6.05. The van der Waals surface area contributed by atoms with Gasteiger partial charge in [-0.25, -0.2) is 14.8 Å². The number of hydrogen-bond donors (Lipinski definition) is 1. The standard InChI is InChI=1S/C23H25N3O3S3/c1-3-29-23(28)19-13-5-4-6-15(13)31-22(19)26-17(27)10-30-20-18-14-8-7-12(2)9-16(14)32-21(18)25-11-24-20/h11-12H,3-10H2,1-2H3,(H,26,27)/t12-/m1/s1. The molecule has 0 fully saturated rings. The molecule has 3 aromatic rings. The first-order valence-electron chi connectivity index (χ1n) is 11.0. The smallest absolute Gasteiger partial charge is 0.341 e. The highest BCUT2D eigenvalue weighted by Crippen LogP contribution is 2.41. The fourth-order valence-corrected chi connectivity index (χ4v) is 8.10. The van der Waals surface area contributed by atoms with Crippen LogP contribution in [0.25, 0.3) is 10.2 Å². The van der Waals surface area contributed by atoms with Crippen molar-refractivity contribution >= 4 is 61.5 Å². The van der Waals surface area contributed by atoms with Crippen molar-refractivity contribution in [2.45, 2.75) is 57.4 Å². The summed E-state index contributed by atoms with van der Waals surface area (Å²) in [5.74, 6) is 0.459. The predicted molar refractivity (Wildman–Crippen MR) is 130 cm³/mol. The molecule has 9 heteroatoms. The number of nitrogens with zero attached hydrogens (tertiary/aromatic N) is 2. The molecule has 0 aromatic carbocycles. The second-order valence-electron chi connectivity index (χ2n) is 8.33. The van der Waals surface area contributed by atoms with E-state index in [-0.39, 0.29) is 17.6 Å². The summed E-state index contributed by atoms with van der Waals surface area (Å²) in [6.45, 7) is 4.41. The molecule has 0 saturated carbocycles. The van der Waals surface area contributed by atoms with Gasteiger partial charge in [0.2, 0.25) is 5.91 Å². The average Bonchev–Trinajstić information content (AvgIpc) is 3.44. The summed E-state index contributed by atoms with van der Waals surface area (Å²) in [6, 6.07) is 0. The van der Waals surface area contributed by atoms with Crippen molar-refractivity contribution in [3.8, 4) is 0 Å². The zero-order valence-corrected chi connectivity index (χ0v) is 20.6. The molecule has 1 N–H and O–H groups in total. The lowest BCUT2D eigenvalue weighted by Gasteiger charge is -2.18. The number of thiophene rings is 2. The molecule has 2 aliphatic rings. The molecule has 1 atom stereocenters. The number of aromatic nitrogens is 2. The van der Waals surface area contributed by atoms with Gasteiger partial charge in [0.05, 0.1) is 17.9 Å². The van der Waals surface area contributed by atoms with Gasteiger partial charge in [-0.15, -0.1) is 22.7 Å². The Kier molecular flexibility index (Phi) is 6.22. The van der Waals surface area contributed by atoms with Gasteiger partial charge in [-0.3, -0.25) is 4.79 Å². The molecular formula is C23H25N3O3S3. The van der Waals surface area contributed by atoms with Crippen LogP contribution in [0.1, 0.15) is 57.9 Å². The van der Waals surface area contributed by atoms with Crippen LogP contribution in [0.3, 0.4) is 0 Å². The normalized spacial score (nSPS) is 17.2. The first-order chi connectivity index (χ1) is 15.5. The van der Waals surface area contributed by atoms with E-state index in [0.717, 1.165) is 52.9 Å². The molecule has 3 heterocycles. The number of carbonyl (C=O) groups is 2. The Labute approximate surface area is 199 Å². The summed E-state index contributed by atoms with van der Waals surface area (Å²) in [7, 11) is 0. The SMILES string of the molecule is CCOC(=O)c1c(NC(=O)CSc2ncnc3sc4c(c23)CC[C@@H](C)C4)sc2c1CCC2.